The van der Waals surface area contributed by atoms with E-state index in [4.69, 9.17) is 4.74 Å². The lowest BCUT2D eigenvalue weighted by Crippen LogP contribution is -2.30. The summed E-state index contributed by atoms with van der Waals surface area (Å²) in [5.74, 6) is 2.00. The Morgan fingerprint density at radius 2 is 1.70 bits per heavy atom. The molecule has 0 saturated heterocycles. The van der Waals surface area contributed by atoms with Gasteiger partial charge in [0.15, 0.2) is 0 Å². The van der Waals surface area contributed by atoms with E-state index >= 15 is 0 Å². The van der Waals surface area contributed by atoms with Crippen molar-refractivity contribution in [1.29, 1.82) is 0 Å². The maximum atomic E-state index is 6.24. The maximum Gasteiger partial charge on any atom is 0.122 e. The summed E-state index contributed by atoms with van der Waals surface area (Å²) in [6.07, 6.45) is 7.93. The van der Waals surface area contributed by atoms with E-state index in [1.165, 1.54) is 55.2 Å². The van der Waals surface area contributed by atoms with Gasteiger partial charge in [-0.3, -0.25) is 0 Å². The van der Waals surface area contributed by atoms with Crippen LogP contribution in [0.1, 0.15) is 55.2 Å². The number of ether oxygens (including phenoxy) is 1. The third-order valence-corrected chi connectivity index (χ3v) is 5.47. The van der Waals surface area contributed by atoms with E-state index in [1.807, 2.05) is 0 Å². The van der Waals surface area contributed by atoms with E-state index in [-0.39, 0.29) is 5.41 Å². The van der Waals surface area contributed by atoms with Gasteiger partial charge in [-0.15, -0.1) is 0 Å². The monoisotopic (exact) mass is 292 g/mol. The van der Waals surface area contributed by atoms with E-state index in [2.05, 4.69) is 45.5 Å². The molecule has 20 heavy (non-hydrogen) atoms. The number of hydrogen-bond acceptors (Lipinski definition) is 2. The molecule has 0 atom stereocenters. The predicted molar refractivity (Wildman–Crippen MR) is 90.1 cm³/mol. The van der Waals surface area contributed by atoms with Gasteiger partial charge in [0, 0.05) is 5.41 Å². The summed E-state index contributed by atoms with van der Waals surface area (Å²) in [5, 5.41) is 0. The molecule has 0 amide bonds. The molecule has 0 bridgehead atoms. The van der Waals surface area contributed by atoms with Gasteiger partial charge in [-0.2, -0.15) is 12.6 Å². The molecule has 0 heterocycles. The minimum absolute atomic E-state index is 0.281. The standard InChI is InChI=1S/C18H28OS/c1-14-10-15(2)16(3)17(11-14)19-12-18(13-20)8-6-4-5-7-9-18/h10-11,20H,4-9,12-13H2,1-3H3. The van der Waals surface area contributed by atoms with Gasteiger partial charge in [0.2, 0.25) is 0 Å². The molecule has 1 aromatic carbocycles. The van der Waals surface area contributed by atoms with Crippen LogP contribution >= 0.6 is 12.6 Å². The van der Waals surface area contributed by atoms with Crippen molar-refractivity contribution in [2.24, 2.45) is 5.41 Å². The topological polar surface area (TPSA) is 9.23 Å². The summed E-state index contributed by atoms with van der Waals surface area (Å²) in [6.45, 7) is 7.28. The highest BCUT2D eigenvalue weighted by Crippen LogP contribution is 2.37. The van der Waals surface area contributed by atoms with E-state index in [0.29, 0.717) is 0 Å². The number of rotatable bonds is 4. The Morgan fingerprint density at radius 3 is 2.30 bits per heavy atom. The fourth-order valence-electron chi connectivity index (χ4n) is 3.21. The van der Waals surface area contributed by atoms with E-state index in [0.717, 1.165) is 18.1 Å². The molecule has 1 saturated carbocycles. The second kappa shape index (κ2) is 6.89. The third-order valence-electron chi connectivity index (χ3n) is 4.80. The second-order valence-corrected chi connectivity index (χ2v) is 6.88. The van der Waals surface area contributed by atoms with Gasteiger partial charge >= 0.3 is 0 Å². The van der Waals surface area contributed by atoms with Gasteiger partial charge < -0.3 is 4.74 Å². The van der Waals surface area contributed by atoms with Gasteiger partial charge in [0.1, 0.15) is 5.75 Å². The molecule has 0 unspecified atom stereocenters. The van der Waals surface area contributed by atoms with Crippen LogP contribution in [0.25, 0.3) is 0 Å². The van der Waals surface area contributed by atoms with Crippen LogP contribution in [0.5, 0.6) is 5.75 Å². The van der Waals surface area contributed by atoms with Crippen LogP contribution in [0.2, 0.25) is 0 Å². The number of aryl methyl sites for hydroxylation is 2. The van der Waals surface area contributed by atoms with Crippen molar-refractivity contribution in [3.05, 3.63) is 28.8 Å². The van der Waals surface area contributed by atoms with Gasteiger partial charge in [0.25, 0.3) is 0 Å². The molecular weight excluding hydrogens is 264 g/mol. The van der Waals surface area contributed by atoms with Crippen LogP contribution in [-0.2, 0) is 0 Å². The molecule has 112 valence electrons. The Kier molecular flexibility index (Phi) is 5.42. The number of hydrogen-bond donors (Lipinski definition) is 1. The normalized spacial score (nSPS) is 18.6. The van der Waals surface area contributed by atoms with Crippen LogP contribution in [0, 0.1) is 26.2 Å². The molecule has 0 radical (unpaired) electrons. The Hall–Kier alpha value is -0.630. The molecular formula is C18H28OS. The predicted octanol–water partition coefficient (Wildman–Crippen LogP) is 5.26. The maximum absolute atomic E-state index is 6.24. The van der Waals surface area contributed by atoms with Gasteiger partial charge in [-0.05, 0) is 62.1 Å². The van der Waals surface area contributed by atoms with E-state index < -0.39 is 0 Å². The van der Waals surface area contributed by atoms with Crippen molar-refractivity contribution < 1.29 is 4.74 Å². The zero-order valence-corrected chi connectivity index (χ0v) is 14.1. The highest BCUT2D eigenvalue weighted by molar-refractivity contribution is 7.80. The van der Waals surface area contributed by atoms with Crippen molar-refractivity contribution in [3.63, 3.8) is 0 Å². The lowest BCUT2D eigenvalue weighted by molar-refractivity contribution is 0.147. The third kappa shape index (κ3) is 3.72. The molecule has 0 aromatic heterocycles. The first-order valence-electron chi connectivity index (χ1n) is 7.88. The molecule has 1 aliphatic rings. The Morgan fingerprint density at radius 1 is 1.05 bits per heavy atom. The van der Waals surface area contributed by atoms with Crippen molar-refractivity contribution in [2.45, 2.75) is 59.3 Å². The summed E-state index contributed by atoms with van der Waals surface area (Å²) in [6, 6.07) is 4.40. The molecule has 1 aromatic rings. The van der Waals surface area contributed by atoms with Crippen LogP contribution in [0.15, 0.2) is 12.1 Å². The second-order valence-electron chi connectivity index (χ2n) is 6.57. The van der Waals surface area contributed by atoms with Crippen molar-refractivity contribution in [1.82, 2.24) is 0 Å². The largest absolute Gasteiger partial charge is 0.493 e. The minimum Gasteiger partial charge on any atom is -0.493 e. The molecule has 0 N–H and O–H groups in total. The average molecular weight is 292 g/mol. The van der Waals surface area contributed by atoms with Crippen molar-refractivity contribution in [3.8, 4) is 5.75 Å². The molecule has 0 spiro atoms. The number of thiol groups is 1. The zero-order chi connectivity index (χ0) is 14.6. The molecule has 2 rings (SSSR count). The minimum atomic E-state index is 0.281. The van der Waals surface area contributed by atoms with Crippen molar-refractivity contribution >= 4 is 12.6 Å². The first-order chi connectivity index (χ1) is 9.56. The summed E-state index contributed by atoms with van der Waals surface area (Å²) in [4.78, 5) is 0. The van der Waals surface area contributed by atoms with Gasteiger partial charge in [0.05, 0.1) is 6.61 Å². The number of benzene rings is 1. The van der Waals surface area contributed by atoms with Crippen LogP contribution < -0.4 is 4.74 Å². The fourth-order valence-corrected chi connectivity index (χ4v) is 3.62. The SMILES string of the molecule is Cc1cc(C)c(C)c(OCC2(CS)CCCCCC2)c1. The summed E-state index contributed by atoms with van der Waals surface area (Å²) in [5.41, 5.74) is 4.16. The first kappa shape index (κ1) is 15.8. The highest BCUT2D eigenvalue weighted by atomic mass is 32.1. The Bertz CT molecular complexity index is 445. The highest BCUT2D eigenvalue weighted by Gasteiger charge is 2.30. The van der Waals surface area contributed by atoms with Crippen LogP contribution in [0.3, 0.4) is 0 Å². The molecule has 1 fully saturated rings. The molecule has 0 aliphatic heterocycles. The van der Waals surface area contributed by atoms with Gasteiger partial charge in [-0.1, -0.05) is 31.7 Å². The summed E-state index contributed by atoms with van der Waals surface area (Å²) < 4.78 is 6.24. The van der Waals surface area contributed by atoms with Gasteiger partial charge in [-0.25, -0.2) is 0 Å². The molecule has 2 heteroatoms. The summed E-state index contributed by atoms with van der Waals surface area (Å²) >= 11 is 4.63. The quantitative estimate of drug-likeness (QED) is 0.588. The zero-order valence-electron chi connectivity index (χ0n) is 13.2. The Labute approximate surface area is 129 Å². The lowest BCUT2D eigenvalue weighted by atomic mass is 9.83. The summed E-state index contributed by atoms with van der Waals surface area (Å²) in [7, 11) is 0. The fraction of sp³-hybridized carbons (Fsp3) is 0.667. The van der Waals surface area contributed by atoms with Crippen LogP contribution in [-0.4, -0.2) is 12.4 Å². The smallest absolute Gasteiger partial charge is 0.122 e. The van der Waals surface area contributed by atoms with E-state index in [9.17, 15) is 0 Å². The van der Waals surface area contributed by atoms with E-state index in [1.54, 1.807) is 0 Å². The van der Waals surface area contributed by atoms with Crippen LogP contribution in [0.4, 0.5) is 0 Å². The lowest BCUT2D eigenvalue weighted by Gasteiger charge is -2.31. The molecule has 1 nitrogen and oxygen atoms in total. The Balaban J connectivity index is 2.10. The van der Waals surface area contributed by atoms with Crippen molar-refractivity contribution in [2.75, 3.05) is 12.4 Å². The average Bonchev–Trinajstić information content (AvgIpc) is 2.67. The first-order valence-corrected chi connectivity index (χ1v) is 8.51. The molecule has 1 aliphatic carbocycles.